The number of rotatable bonds is 9. The first-order valence-electron chi connectivity index (χ1n) is 12.2. The minimum absolute atomic E-state index is 0.0791. The molecule has 0 aromatic carbocycles. The minimum atomic E-state index is -0.574. The third kappa shape index (κ3) is 4.48. The average Bonchev–Trinajstić information content (AvgIpc) is 3.83. The average molecular weight is 474 g/mol. The normalized spacial score (nSPS) is 23.6. The lowest BCUT2D eigenvalue weighted by Gasteiger charge is -2.40. The first-order chi connectivity index (χ1) is 17.1. The van der Waals surface area contributed by atoms with Crippen LogP contribution in [0.1, 0.15) is 41.6 Å². The van der Waals surface area contributed by atoms with E-state index in [1.807, 2.05) is 6.07 Å². The number of nitrogens with zero attached hydrogens (tertiary/aromatic N) is 5. The third-order valence-corrected chi connectivity index (χ3v) is 6.92. The summed E-state index contributed by atoms with van der Waals surface area (Å²) in [5.41, 5.74) is 1.26. The highest BCUT2D eigenvalue weighted by Crippen LogP contribution is 2.36. The van der Waals surface area contributed by atoms with E-state index in [-0.39, 0.29) is 24.3 Å². The molecule has 2 aliphatic carbocycles. The van der Waals surface area contributed by atoms with Crippen LogP contribution in [-0.4, -0.2) is 75.2 Å². The maximum atomic E-state index is 13.2. The molecule has 10 nitrogen and oxygen atoms in total. The number of amidine groups is 1. The lowest BCUT2D eigenvalue weighted by atomic mass is 10.1. The largest absolute Gasteiger partial charge is 0.363 e. The number of hydrogen-bond donors (Lipinski definition) is 2. The van der Waals surface area contributed by atoms with Crippen molar-refractivity contribution in [3.8, 4) is 0 Å². The summed E-state index contributed by atoms with van der Waals surface area (Å²) >= 11 is 0. The Kier molecular flexibility index (Phi) is 5.43. The molecule has 2 aliphatic heterocycles. The Morgan fingerprint density at radius 1 is 1.06 bits per heavy atom. The fourth-order valence-corrected chi connectivity index (χ4v) is 4.52. The number of carbonyl (C=O) groups excluding carboxylic acids is 3. The van der Waals surface area contributed by atoms with Gasteiger partial charge in [0, 0.05) is 42.8 Å². The number of Topliss-reactive ketones (excluding diaryl/α,β-unsaturated/α-hetero) is 1. The molecule has 2 N–H and O–H groups in total. The van der Waals surface area contributed by atoms with Gasteiger partial charge >= 0.3 is 6.03 Å². The third-order valence-electron chi connectivity index (χ3n) is 6.92. The van der Waals surface area contributed by atoms with Gasteiger partial charge in [0.1, 0.15) is 17.7 Å². The fourth-order valence-electron chi connectivity index (χ4n) is 4.52. The van der Waals surface area contributed by atoms with Crippen molar-refractivity contribution in [2.24, 2.45) is 16.8 Å². The van der Waals surface area contributed by atoms with E-state index in [0.717, 1.165) is 31.2 Å². The molecule has 2 saturated carbocycles. The van der Waals surface area contributed by atoms with Gasteiger partial charge in [-0.3, -0.25) is 24.4 Å². The molecule has 2 aromatic rings. The molecule has 180 valence electrons. The molecular weight excluding hydrogens is 446 g/mol. The van der Waals surface area contributed by atoms with E-state index in [4.69, 9.17) is 4.99 Å². The van der Waals surface area contributed by atoms with Gasteiger partial charge in [-0.1, -0.05) is 0 Å². The molecule has 0 bridgehead atoms. The van der Waals surface area contributed by atoms with E-state index in [1.165, 1.54) is 11.1 Å². The summed E-state index contributed by atoms with van der Waals surface area (Å²) in [5.74, 6) is 1.76. The Bertz CT molecular complexity index is 1180. The second kappa shape index (κ2) is 8.75. The van der Waals surface area contributed by atoms with Crippen molar-refractivity contribution in [3.63, 3.8) is 0 Å². The molecule has 3 amide bonds. The molecule has 2 aromatic heterocycles. The van der Waals surface area contributed by atoms with Gasteiger partial charge in [0.2, 0.25) is 0 Å². The Labute approximate surface area is 202 Å². The van der Waals surface area contributed by atoms with Gasteiger partial charge < -0.3 is 10.6 Å². The predicted molar refractivity (Wildman–Crippen MR) is 128 cm³/mol. The first kappa shape index (κ1) is 21.7. The van der Waals surface area contributed by atoms with Gasteiger partial charge in [0.15, 0.2) is 11.9 Å². The molecule has 0 radical (unpaired) electrons. The van der Waals surface area contributed by atoms with Crippen LogP contribution in [-0.2, 0) is 4.79 Å². The Balaban J connectivity index is 1.15. The molecule has 3 fully saturated rings. The predicted octanol–water partition coefficient (Wildman–Crippen LogP) is 1.90. The van der Waals surface area contributed by atoms with Gasteiger partial charge in [0.25, 0.3) is 5.91 Å². The van der Waals surface area contributed by atoms with Crippen LogP contribution in [0.3, 0.4) is 0 Å². The van der Waals surface area contributed by atoms with Crippen LogP contribution in [0.4, 0.5) is 10.6 Å². The van der Waals surface area contributed by atoms with Crippen molar-refractivity contribution >= 4 is 29.4 Å². The lowest BCUT2D eigenvalue weighted by Crippen LogP contribution is -2.66. The first-order valence-corrected chi connectivity index (χ1v) is 12.2. The van der Waals surface area contributed by atoms with Crippen molar-refractivity contribution in [1.82, 2.24) is 25.1 Å². The molecule has 2 unspecified atom stereocenters. The number of hydrogen-bond acceptors (Lipinski definition) is 8. The van der Waals surface area contributed by atoms with E-state index in [0.29, 0.717) is 42.1 Å². The van der Waals surface area contributed by atoms with E-state index in [9.17, 15) is 14.4 Å². The summed E-state index contributed by atoms with van der Waals surface area (Å²) < 4.78 is 0. The second-order valence-corrected chi connectivity index (χ2v) is 9.73. The minimum Gasteiger partial charge on any atom is -0.363 e. The molecule has 4 heterocycles. The number of anilines is 1. The monoisotopic (exact) mass is 473 g/mol. The van der Waals surface area contributed by atoms with Crippen LogP contribution < -0.4 is 10.6 Å². The summed E-state index contributed by atoms with van der Waals surface area (Å²) in [5, 5.41) is 6.29. The van der Waals surface area contributed by atoms with Crippen molar-refractivity contribution < 1.29 is 14.4 Å². The smallest absolute Gasteiger partial charge is 0.328 e. The number of carbonyl (C=O) groups is 3. The zero-order chi connectivity index (χ0) is 23.9. The number of urea groups is 1. The van der Waals surface area contributed by atoms with Crippen LogP contribution in [0.15, 0.2) is 47.8 Å². The summed E-state index contributed by atoms with van der Waals surface area (Å²) in [4.78, 5) is 55.0. The molecule has 6 rings (SSSR count). The highest BCUT2D eigenvalue weighted by molar-refractivity contribution is 6.08. The van der Waals surface area contributed by atoms with Crippen LogP contribution in [0.2, 0.25) is 0 Å². The highest BCUT2D eigenvalue weighted by Gasteiger charge is 2.51. The lowest BCUT2D eigenvalue weighted by molar-refractivity contribution is -0.135. The van der Waals surface area contributed by atoms with Crippen molar-refractivity contribution in [3.05, 3.63) is 54.0 Å². The summed E-state index contributed by atoms with van der Waals surface area (Å²) in [7, 11) is 0. The molecule has 0 spiro atoms. The number of imide groups is 1. The van der Waals surface area contributed by atoms with Crippen LogP contribution >= 0.6 is 0 Å². The molecular formula is C25H27N7O3. The topological polar surface area (TPSA) is 120 Å². The van der Waals surface area contributed by atoms with Crippen molar-refractivity contribution in [1.29, 1.82) is 0 Å². The van der Waals surface area contributed by atoms with Gasteiger partial charge in [0.05, 0.1) is 6.54 Å². The number of nitrogens with one attached hydrogen (secondary N) is 2. The van der Waals surface area contributed by atoms with Crippen LogP contribution in [0.25, 0.3) is 0 Å². The molecule has 1 saturated heterocycles. The van der Waals surface area contributed by atoms with Gasteiger partial charge in [-0.05, 0) is 61.8 Å². The van der Waals surface area contributed by atoms with E-state index < -0.39 is 12.2 Å². The molecule has 2 atom stereocenters. The molecule has 10 heteroatoms. The Morgan fingerprint density at radius 2 is 1.86 bits per heavy atom. The highest BCUT2D eigenvalue weighted by atomic mass is 16.2. The summed E-state index contributed by atoms with van der Waals surface area (Å²) in [6.07, 6.45) is 8.65. The number of fused-ring (bicyclic) bond motifs is 1. The number of aliphatic imine (C=N–C) groups is 1. The maximum Gasteiger partial charge on any atom is 0.328 e. The zero-order valence-corrected chi connectivity index (χ0v) is 19.3. The molecule has 4 aliphatic rings. The zero-order valence-electron chi connectivity index (χ0n) is 19.3. The Morgan fingerprint density at radius 3 is 2.54 bits per heavy atom. The number of aromatic nitrogens is 2. The number of amides is 3. The van der Waals surface area contributed by atoms with E-state index >= 15 is 0 Å². The van der Waals surface area contributed by atoms with Crippen molar-refractivity contribution in [2.45, 2.75) is 37.9 Å². The second-order valence-electron chi connectivity index (χ2n) is 9.73. The molecule has 35 heavy (non-hydrogen) atoms. The maximum absolute atomic E-state index is 13.2. The van der Waals surface area contributed by atoms with E-state index in [2.05, 4.69) is 20.6 Å². The van der Waals surface area contributed by atoms with Crippen molar-refractivity contribution in [2.75, 3.05) is 25.0 Å². The quantitative estimate of drug-likeness (QED) is 0.534. The fraction of sp³-hybridized carbons (Fsp3) is 0.440. The van der Waals surface area contributed by atoms with Crippen LogP contribution in [0.5, 0.6) is 0 Å². The Hall–Kier alpha value is -3.82. The van der Waals surface area contributed by atoms with Gasteiger partial charge in [-0.2, -0.15) is 0 Å². The van der Waals surface area contributed by atoms with E-state index in [1.54, 1.807) is 35.5 Å². The van der Waals surface area contributed by atoms with Gasteiger partial charge in [-0.15, -0.1) is 0 Å². The SMILES string of the molecule is O=C(CNc1ccc(C2=NC3C(N2)C(=O)N(CC2CC2)C(=O)N3CC2CC2)cn1)c1cccnc1. The number of ketones is 1. The number of pyridine rings is 2. The summed E-state index contributed by atoms with van der Waals surface area (Å²) in [6, 6.07) is 6.27. The van der Waals surface area contributed by atoms with Gasteiger partial charge in [-0.25, -0.2) is 14.8 Å². The standard InChI is InChI=1S/C25H27N7O3/c33-19(17-2-1-9-26-10-17)12-28-20-8-7-18(11-27-20)22-29-21-23(30-22)31(13-15-3-4-15)25(35)32(24(21)34)14-16-5-6-16/h1-2,7-11,15-16,21,23H,3-6,12-14H2,(H,27,28)(H,29,30). The summed E-state index contributed by atoms with van der Waals surface area (Å²) in [6.45, 7) is 1.24. The van der Waals surface area contributed by atoms with Crippen LogP contribution in [0, 0.1) is 11.8 Å².